The van der Waals surface area contributed by atoms with Gasteiger partial charge in [0.1, 0.15) is 12.1 Å². The Bertz CT molecular complexity index is 869. The van der Waals surface area contributed by atoms with Gasteiger partial charge in [0.25, 0.3) is 0 Å². The van der Waals surface area contributed by atoms with E-state index in [1.54, 1.807) is 24.4 Å². The molecule has 2 aromatic rings. The molecule has 5 heteroatoms. The smallest absolute Gasteiger partial charge is 0.231 e. The molecule has 144 valence electrons. The van der Waals surface area contributed by atoms with E-state index in [0.717, 1.165) is 5.56 Å². The van der Waals surface area contributed by atoms with Crippen LogP contribution in [0.5, 0.6) is 0 Å². The number of allylic oxidation sites excluding steroid dienone is 1. The summed E-state index contributed by atoms with van der Waals surface area (Å²) in [4.78, 5) is 30.1. The van der Waals surface area contributed by atoms with Gasteiger partial charge in [-0.1, -0.05) is 36.4 Å². The largest absolute Gasteiger partial charge is 0.352 e. The number of benzene rings is 1. The zero-order valence-electron chi connectivity index (χ0n) is 15.5. The molecule has 0 spiro atoms. The van der Waals surface area contributed by atoms with Gasteiger partial charge in [-0.25, -0.2) is 4.39 Å². The van der Waals surface area contributed by atoms with Crippen molar-refractivity contribution in [1.29, 1.82) is 0 Å². The fourth-order valence-electron chi connectivity index (χ4n) is 4.58. The minimum absolute atomic E-state index is 0.0754. The summed E-state index contributed by atoms with van der Waals surface area (Å²) in [7, 11) is 0. The highest BCUT2D eigenvalue weighted by Crippen LogP contribution is 2.45. The van der Waals surface area contributed by atoms with Crippen molar-refractivity contribution in [3.8, 4) is 0 Å². The number of halogens is 1. The highest BCUT2D eigenvalue weighted by Gasteiger charge is 2.49. The summed E-state index contributed by atoms with van der Waals surface area (Å²) >= 11 is 0. The van der Waals surface area contributed by atoms with Gasteiger partial charge in [0.15, 0.2) is 5.78 Å². The molecule has 1 N–H and O–H groups in total. The van der Waals surface area contributed by atoms with E-state index in [1.165, 1.54) is 6.08 Å². The number of ketones is 1. The molecule has 1 aromatic carbocycles. The van der Waals surface area contributed by atoms with Gasteiger partial charge < -0.3 is 5.32 Å². The van der Waals surface area contributed by atoms with Crippen LogP contribution in [0.4, 0.5) is 4.39 Å². The monoisotopic (exact) mass is 378 g/mol. The van der Waals surface area contributed by atoms with Crippen LogP contribution < -0.4 is 5.32 Å². The Kier molecular flexibility index (Phi) is 5.33. The van der Waals surface area contributed by atoms with Gasteiger partial charge in [0.2, 0.25) is 5.91 Å². The van der Waals surface area contributed by atoms with Gasteiger partial charge in [-0.05, 0) is 55.0 Å². The fourth-order valence-corrected chi connectivity index (χ4v) is 4.58. The van der Waals surface area contributed by atoms with Crippen LogP contribution in [0.2, 0.25) is 0 Å². The number of hydrogen-bond donors (Lipinski definition) is 1. The van der Waals surface area contributed by atoms with E-state index in [4.69, 9.17) is 0 Å². The SMILES string of the molecule is O=C(/C=C/c1ccccn1)C1C(=O)NC2CCC(F)CC2C1c1ccccc1. The Morgan fingerprint density at radius 2 is 1.89 bits per heavy atom. The second kappa shape index (κ2) is 8.05. The predicted molar refractivity (Wildman–Crippen MR) is 105 cm³/mol. The third-order valence-electron chi connectivity index (χ3n) is 5.86. The lowest BCUT2D eigenvalue weighted by Gasteiger charge is -2.45. The normalized spacial score (nSPS) is 29.9. The summed E-state index contributed by atoms with van der Waals surface area (Å²) in [5, 5.41) is 2.99. The summed E-state index contributed by atoms with van der Waals surface area (Å²) in [6, 6.07) is 14.9. The molecule has 28 heavy (non-hydrogen) atoms. The molecular weight excluding hydrogens is 355 g/mol. The van der Waals surface area contributed by atoms with Crippen LogP contribution in [0.3, 0.4) is 0 Å². The highest BCUT2D eigenvalue weighted by atomic mass is 19.1. The molecule has 1 saturated heterocycles. The quantitative estimate of drug-likeness (QED) is 0.652. The molecule has 4 nitrogen and oxygen atoms in total. The molecule has 1 aliphatic heterocycles. The maximum Gasteiger partial charge on any atom is 0.231 e. The zero-order chi connectivity index (χ0) is 19.5. The Balaban J connectivity index is 1.67. The standard InChI is InChI=1S/C23H23FN2O2/c24-16-9-11-19-18(14-16)21(15-6-2-1-3-7-15)22(23(28)26-19)20(27)12-10-17-8-4-5-13-25-17/h1-8,10,12-13,16,18-19,21-22H,9,11,14H2,(H,26,28)/b12-10+. The van der Waals surface area contributed by atoms with Crippen molar-refractivity contribution < 1.29 is 14.0 Å². The maximum absolute atomic E-state index is 14.2. The lowest BCUT2D eigenvalue weighted by atomic mass is 9.64. The molecule has 1 aromatic heterocycles. The zero-order valence-corrected chi connectivity index (χ0v) is 15.5. The first-order valence-electron chi connectivity index (χ1n) is 9.76. The lowest BCUT2D eigenvalue weighted by molar-refractivity contribution is -0.138. The molecule has 1 aliphatic carbocycles. The molecule has 2 heterocycles. The van der Waals surface area contributed by atoms with Crippen LogP contribution >= 0.6 is 0 Å². The number of nitrogens with one attached hydrogen (secondary N) is 1. The summed E-state index contributed by atoms with van der Waals surface area (Å²) in [5.74, 6) is -1.78. The first-order chi connectivity index (χ1) is 13.6. The average molecular weight is 378 g/mol. The number of fused-ring (bicyclic) bond motifs is 1. The van der Waals surface area contributed by atoms with Crippen molar-refractivity contribution in [1.82, 2.24) is 10.3 Å². The average Bonchev–Trinajstić information content (AvgIpc) is 2.73. The van der Waals surface area contributed by atoms with Crippen molar-refractivity contribution in [2.45, 2.75) is 37.4 Å². The Morgan fingerprint density at radius 1 is 1.11 bits per heavy atom. The van der Waals surface area contributed by atoms with Gasteiger partial charge >= 0.3 is 0 Å². The van der Waals surface area contributed by atoms with Crippen molar-refractivity contribution in [2.24, 2.45) is 11.8 Å². The van der Waals surface area contributed by atoms with E-state index < -0.39 is 12.1 Å². The maximum atomic E-state index is 14.2. The molecule has 2 aliphatic rings. The molecule has 1 amide bonds. The van der Waals surface area contributed by atoms with E-state index in [9.17, 15) is 14.0 Å². The Morgan fingerprint density at radius 3 is 2.64 bits per heavy atom. The minimum atomic E-state index is -0.887. The number of aromatic nitrogens is 1. The van der Waals surface area contributed by atoms with Crippen molar-refractivity contribution >= 4 is 17.8 Å². The first-order valence-corrected chi connectivity index (χ1v) is 9.76. The summed E-state index contributed by atoms with van der Waals surface area (Å²) in [6.07, 6.45) is 5.27. The van der Waals surface area contributed by atoms with Gasteiger partial charge in [0, 0.05) is 18.2 Å². The number of alkyl halides is 1. The molecule has 4 rings (SSSR count). The first kappa shape index (κ1) is 18.5. The van der Waals surface area contributed by atoms with Gasteiger partial charge in [-0.2, -0.15) is 0 Å². The van der Waals surface area contributed by atoms with Crippen LogP contribution in [0.1, 0.15) is 36.4 Å². The molecule has 0 radical (unpaired) electrons. The van der Waals surface area contributed by atoms with Crippen molar-refractivity contribution in [3.63, 3.8) is 0 Å². The van der Waals surface area contributed by atoms with E-state index in [2.05, 4.69) is 10.3 Å². The number of hydrogen-bond acceptors (Lipinski definition) is 3. The van der Waals surface area contributed by atoms with E-state index in [-0.39, 0.29) is 29.6 Å². The van der Waals surface area contributed by atoms with Crippen LogP contribution in [-0.4, -0.2) is 28.9 Å². The highest BCUT2D eigenvalue weighted by molar-refractivity contribution is 6.09. The number of piperidine rings is 1. The summed E-state index contributed by atoms with van der Waals surface area (Å²) in [6.45, 7) is 0. The number of carbonyl (C=O) groups excluding carboxylic acids is 2. The van der Waals surface area contributed by atoms with E-state index >= 15 is 0 Å². The third kappa shape index (κ3) is 3.75. The third-order valence-corrected chi connectivity index (χ3v) is 5.86. The van der Waals surface area contributed by atoms with Crippen LogP contribution in [-0.2, 0) is 9.59 Å². The van der Waals surface area contributed by atoms with Gasteiger partial charge in [-0.3, -0.25) is 14.6 Å². The molecule has 5 unspecified atom stereocenters. The number of nitrogens with zero attached hydrogens (tertiary/aromatic N) is 1. The fraction of sp³-hybridized carbons (Fsp3) is 0.348. The summed E-state index contributed by atoms with van der Waals surface area (Å²) in [5.41, 5.74) is 1.58. The number of rotatable bonds is 4. The second-order valence-corrected chi connectivity index (χ2v) is 7.59. The van der Waals surface area contributed by atoms with Crippen LogP contribution in [0, 0.1) is 11.8 Å². The Hall–Kier alpha value is -2.82. The molecule has 1 saturated carbocycles. The van der Waals surface area contributed by atoms with Gasteiger partial charge in [0.05, 0.1) is 5.69 Å². The van der Waals surface area contributed by atoms with Crippen LogP contribution in [0.25, 0.3) is 6.08 Å². The second-order valence-electron chi connectivity index (χ2n) is 7.59. The minimum Gasteiger partial charge on any atom is -0.352 e. The summed E-state index contributed by atoms with van der Waals surface area (Å²) < 4.78 is 14.2. The van der Waals surface area contributed by atoms with E-state index in [0.29, 0.717) is 25.0 Å². The number of pyridine rings is 1. The molecule has 5 atom stereocenters. The molecular formula is C23H23FN2O2. The van der Waals surface area contributed by atoms with Crippen molar-refractivity contribution in [3.05, 3.63) is 72.1 Å². The number of carbonyl (C=O) groups is 2. The van der Waals surface area contributed by atoms with Crippen LogP contribution in [0.15, 0.2) is 60.8 Å². The van der Waals surface area contributed by atoms with Crippen molar-refractivity contribution in [2.75, 3.05) is 0 Å². The predicted octanol–water partition coefficient (Wildman–Crippen LogP) is 3.70. The lowest BCUT2D eigenvalue weighted by Crippen LogP contribution is -2.57. The van der Waals surface area contributed by atoms with Gasteiger partial charge in [-0.15, -0.1) is 0 Å². The number of amides is 1. The topological polar surface area (TPSA) is 59.1 Å². The Labute approximate surface area is 163 Å². The molecule has 0 bridgehead atoms. The van der Waals surface area contributed by atoms with E-state index in [1.807, 2.05) is 36.4 Å². The molecule has 2 fully saturated rings.